The molecule has 10 aliphatic rings. The third-order valence-electron chi connectivity index (χ3n) is 29.0. The Morgan fingerprint density at radius 1 is 0.494 bits per heavy atom. The molecule has 14 nitrogen and oxygen atoms in total. The van der Waals surface area contributed by atoms with E-state index in [1.165, 1.54) is 11.1 Å². The average molecular weight is 1150 g/mol. The molecule has 0 radical (unpaired) electrons. The smallest absolute Gasteiger partial charge is 0.229 e. The van der Waals surface area contributed by atoms with Crippen LogP contribution in [0.15, 0.2) is 35.7 Å². The SMILES string of the molecule is CC1(C)CC[C@@]2(C(=O)NCc3cn(CCCn4cc(CNC(=O)[C@]56CCC(C)(C)CC5C5=CCC7[C@@]8(C)CC[C@H](O)C(C)(C)C8CC[C@@]7(C)[C@]5(C)C[C@H]6O)nn4)nn3)C(C1)C1=CCC3[C@@]4(C)CCC(O)C(C)(C)C4CC[C@@]3(C)[C@]1(C)C[C@H]2O. The summed E-state index contributed by atoms with van der Waals surface area (Å²) in [6, 6.07) is 0. The first-order chi connectivity index (χ1) is 38.7. The van der Waals surface area contributed by atoms with Gasteiger partial charge in [-0.05, 0) is 212 Å². The highest BCUT2D eigenvalue weighted by Crippen LogP contribution is 2.78. The van der Waals surface area contributed by atoms with Crippen molar-refractivity contribution in [2.75, 3.05) is 0 Å². The zero-order valence-corrected chi connectivity index (χ0v) is 53.6. The first-order valence-electron chi connectivity index (χ1n) is 33.2. The molecule has 12 rings (SSSR count). The summed E-state index contributed by atoms with van der Waals surface area (Å²) < 4.78 is 3.63. The highest BCUT2D eigenvalue weighted by Gasteiger charge is 2.73. The van der Waals surface area contributed by atoms with Crippen LogP contribution in [-0.4, -0.2) is 86.6 Å². The number of hydrogen-bond donors (Lipinski definition) is 6. The number of allylic oxidation sites excluding steroid dienone is 4. The Labute approximate surface area is 497 Å². The first-order valence-corrected chi connectivity index (χ1v) is 33.2. The van der Waals surface area contributed by atoms with Gasteiger partial charge in [-0.25, -0.2) is 0 Å². The number of aliphatic hydroxyl groups excluding tert-OH is 4. The van der Waals surface area contributed by atoms with Gasteiger partial charge < -0.3 is 31.1 Å². The molecule has 0 saturated heterocycles. The molecule has 2 aromatic heterocycles. The van der Waals surface area contributed by atoms with Crippen LogP contribution in [0.1, 0.15) is 230 Å². The van der Waals surface area contributed by atoms with Crippen LogP contribution in [0.25, 0.3) is 0 Å². The van der Waals surface area contributed by atoms with Crippen molar-refractivity contribution in [2.45, 2.75) is 270 Å². The van der Waals surface area contributed by atoms with Crippen LogP contribution < -0.4 is 10.6 Å². The summed E-state index contributed by atoms with van der Waals surface area (Å²) in [4.78, 5) is 30.0. The lowest BCUT2D eigenvalue weighted by Gasteiger charge is -2.71. The summed E-state index contributed by atoms with van der Waals surface area (Å²) in [5.74, 6) is 1.52. The third kappa shape index (κ3) is 8.51. The van der Waals surface area contributed by atoms with Crippen molar-refractivity contribution < 1.29 is 30.0 Å². The molecule has 8 fully saturated rings. The fourth-order valence-corrected chi connectivity index (χ4v) is 23.6. The molecule has 14 heteroatoms. The normalized spacial score (nSPS) is 46.1. The Morgan fingerprint density at radius 2 is 0.880 bits per heavy atom. The molecule has 0 aliphatic heterocycles. The zero-order valence-electron chi connectivity index (χ0n) is 53.6. The van der Waals surface area contributed by atoms with E-state index in [9.17, 15) is 30.0 Å². The van der Waals surface area contributed by atoms with Gasteiger partial charge in [-0.3, -0.25) is 19.0 Å². The van der Waals surface area contributed by atoms with Crippen molar-refractivity contribution in [1.29, 1.82) is 0 Å². The molecule has 18 atom stereocenters. The fraction of sp³-hybridized carbons (Fsp3) is 0.855. The predicted molar refractivity (Wildman–Crippen MR) is 321 cm³/mol. The number of aromatic nitrogens is 6. The van der Waals surface area contributed by atoms with Crippen molar-refractivity contribution in [3.05, 3.63) is 47.1 Å². The van der Waals surface area contributed by atoms with Gasteiger partial charge in [-0.1, -0.05) is 131 Å². The van der Waals surface area contributed by atoms with Crippen molar-refractivity contribution in [2.24, 2.45) is 100 Å². The van der Waals surface area contributed by atoms with Crippen LogP contribution in [0, 0.1) is 100 Å². The topological polar surface area (TPSA) is 201 Å². The molecule has 7 unspecified atom stereocenters. The molecule has 10 aliphatic carbocycles. The predicted octanol–water partition coefficient (Wildman–Crippen LogP) is 11.5. The Balaban J connectivity index is 0.677. The fourth-order valence-electron chi connectivity index (χ4n) is 23.6. The van der Waals surface area contributed by atoms with Gasteiger partial charge >= 0.3 is 0 Å². The molecule has 0 spiro atoms. The molecule has 0 bridgehead atoms. The molecule has 2 aromatic rings. The number of carbonyl (C=O) groups is 2. The van der Waals surface area contributed by atoms with Gasteiger partial charge in [0.2, 0.25) is 11.8 Å². The van der Waals surface area contributed by atoms with Crippen molar-refractivity contribution in [1.82, 2.24) is 40.6 Å². The van der Waals surface area contributed by atoms with Crippen LogP contribution >= 0.6 is 0 Å². The molecule has 2 amide bonds. The van der Waals surface area contributed by atoms with E-state index >= 15 is 0 Å². The van der Waals surface area contributed by atoms with Gasteiger partial charge in [0, 0.05) is 13.1 Å². The van der Waals surface area contributed by atoms with Crippen LogP contribution in [0.2, 0.25) is 0 Å². The lowest BCUT2D eigenvalue weighted by molar-refractivity contribution is -0.215. The maximum atomic E-state index is 15.0. The molecular formula is C69H108N8O6. The lowest BCUT2D eigenvalue weighted by atomic mass is 9.33. The summed E-state index contributed by atoms with van der Waals surface area (Å²) in [5, 5.41) is 72.4. The third-order valence-corrected chi connectivity index (χ3v) is 29.0. The molecular weight excluding hydrogens is 1040 g/mol. The number of nitrogens with one attached hydrogen (secondary N) is 2. The minimum Gasteiger partial charge on any atom is -0.393 e. The molecule has 83 heavy (non-hydrogen) atoms. The monoisotopic (exact) mass is 1140 g/mol. The highest BCUT2D eigenvalue weighted by molar-refractivity contribution is 5.85. The molecule has 0 aromatic carbocycles. The van der Waals surface area contributed by atoms with Crippen LogP contribution in [0.5, 0.6) is 0 Å². The van der Waals surface area contributed by atoms with E-state index in [1.807, 2.05) is 21.8 Å². The second-order valence-corrected chi connectivity index (χ2v) is 34.4. The largest absolute Gasteiger partial charge is 0.393 e. The van der Waals surface area contributed by atoms with E-state index in [2.05, 4.69) is 140 Å². The lowest BCUT2D eigenvalue weighted by Crippen LogP contribution is -2.68. The second-order valence-electron chi connectivity index (χ2n) is 34.4. The van der Waals surface area contributed by atoms with E-state index in [-0.39, 0.29) is 103 Å². The number of fused-ring (bicyclic) bond motifs is 14. The standard InChI is InChI=1S/C69H108N8O6/c1-58(2)28-30-68(46(34-58)44-16-18-50-62(9)24-22-52(78)60(5,6)48(62)20-26-64(50,11)66(44,13)36-54(68)80)56(82)70-38-42-40-76(74-72-42)32-15-33-77-41-43(73-75-77)39-71-57(83)69-31-29-59(3,4)35-47(69)45-17-19-51-63(10)25-23-53(79)61(7,8)49(63)21-27-65(51,12)67(45,14)37-55(69)81/h16-17,40-41,46-55,78-81H,15,18-39H2,1-14H3,(H,70,82)(H,71,83)/t46?,47?,48?,49?,50?,51?,52-,53?,54+,55+,62-,63-,64+,65+,66+,67+,68+,69+/m0/s1. The van der Waals surface area contributed by atoms with E-state index in [1.54, 1.807) is 0 Å². The average Bonchev–Trinajstić information content (AvgIpc) is 1.14. The van der Waals surface area contributed by atoms with Gasteiger partial charge in [-0.15, -0.1) is 10.2 Å². The van der Waals surface area contributed by atoms with Crippen LogP contribution in [-0.2, 0) is 35.8 Å². The van der Waals surface area contributed by atoms with E-state index in [0.717, 1.165) is 89.9 Å². The van der Waals surface area contributed by atoms with Gasteiger partial charge in [0.05, 0.1) is 60.7 Å². The van der Waals surface area contributed by atoms with Crippen molar-refractivity contribution in [3.63, 3.8) is 0 Å². The Morgan fingerprint density at radius 3 is 1.27 bits per heavy atom. The molecule has 6 N–H and O–H groups in total. The van der Waals surface area contributed by atoms with Gasteiger partial charge in [0.15, 0.2) is 0 Å². The number of rotatable bonds is 10. The van der Waals surface area contributed by atoms with Crippen molar-refractivity contribution in [3.8, 4) is 0 Å². The van der Waals surface area contributed by atoms with Gasteiger partial charge in [0.25, 0.3) is 0 Å². The number of aliphatic hydroxyl groups is 4. The Bertz CT molecular complexity index is 2750. The minimum atomic E-state index is -0.917. The maximum absolute atomic E-state index is 15.0. The van der Waals surface area contributed by atoms with E-state index in [4.69, 9.17) is 0 Å². The summed E-state index contributed by atoms with van der Waals surface area (Å²) in [5.41, 5.74) is 1.80. The number of amides is 2. The number of aryl methyl sites for hydroxylation is 2. The highest BCUT2D eigenvalue weighted by atomic mass is 16.3. The van der Waals surface area contributed by atoms with E-state index in [0.29, 0.717) is 80.3 Å². The molecule has 8 saturated carbocycles. The van der Waals surface area contributed by atoms with Gasteiger partial charge in [-0.2, -0.15) is 0 Å². The Kier molecular flexibility index (Phi) is 14.1. The number of carbonyl (C=O) groups excluding carboxylic acids is 2. The van der Waals surface area contributed by atoms with Gasteiger partial charge in [0.1, 0.15) is 11.4 Å². The quantitative estimate of drug-likeness (QED) is 0.124. The minimum absolute atomic E-state index is 0.0326. The van der Waals surface area contributed by atoms with Crippen LogP contribution in [0.3, 0.4) is 0 Å². The van der Waals surface area contributed by atoms with Crippen molar-refractivity contribution >= 4 is 11.8 Å². The zero-order chi connectivity index (χ0) is 59.7. The molecule has 2 heterocycles. The summed E-state index contributed by atoms with van der Waals surface area (Å²) in [7, 11) is 0. The molecule has 460 valence electrons. The van der Waals surface area contributed by atoms with Crippen LogP contribution in [0.4, 0.5) is 0 Å². The maximum Gasteiger partial charge on any atom is 0.229 e. The second kappa shape index (κ2) is 19.5. The first kappa shape index (κ1) is 59.9. The summed E-state index contributed by atoms with van der Waals surface area (Å²) in [6.07, 6.45) is 23.5. The van der Waals surface area contributed by atoms with E-state index < -0.39 is 23.0 Å². The summed E-state index contributed by atoms with van der Waals surface area (Å²) >= 11 is 0. The Hall–Kier alpha value is -3.46. The summed E-state index contributed by atoms with van der Waals surface area (Å²) in [6.45, 7) is 35.1. The number of hydrogen-bond acceptors (Lipinski definition) is 10. The number of nitrogens with zero attached hydrogens (tertiary/aromatic N) is 6.